The summed E-state index contributed by atoms with van der Waals surface area (Å²) in [4.78, 5) is 21.2. The Bertz CT molecular complexity index is 863. The second-order valence-corrected chi connectivity index (χ2v) is 7.16. The van der Waals surface area contributed by atoms with Gasteiger partial charge in [0.25, 0.3) is 0 Å². The van der Waals surface area contributed by atoms with Crippen LogP contribution in [0.1, 0.15) is 13.8 Å². The first-order valence-electron chi connectivity index (χ1n) is 7.35. The lowest BCUT2D eigenvalue weighted by atomic mass is 10.1. The van der Waals surface area contributed by atoms with E-state index in [0.29, 0.717) is 0 Å². The third kappa shape index (κ3) is 3.73. The van der Waals surface area contributed by atoms with Gasteiger partial charge in [-0.3, -0.25) is 4.79 Å². The van der Waals surface area contributed by atoms with Crippen LogP contribution in [0.15, 0.2) is 41.0 Å². The minimum Gasteiger partial charge on any atom is -0.462 e. The second-order valence-electron chi connectivity index (χ2n) is 5.34. The van der Waals surface area contributed by atoms with Gasteiger partial charge in [-0.25, -0.2) is 14.4 Å². The Hall–Kier alpha value is -1.99. The highest BCUT2D eigenvalue weighted by molar-refractivity contribution is 8.00. The van der Waals surface area contributed by atoms with Crippen LogP contribution in [0.3, 0.4) is 0 Å². The lowest BCUT2D eigenvalue weighted by Gasteiger charge is -2.08. The van der Waals surface area contributed by atoms with Crippen LogP contribution in [-0.4, -0.2) is 27.8 Å². The van der Waals surface area contributed by atoms with Gasteiger partial charge in [0.15, 0.2) is 0 Å². The monoisotopic (exact) mass is 362 g/mol. The fourth-order valence-corrected chi connectivity index (χ4v) is 4.00. The average molecular weight is 362 g/mol. The van der Waals surface area contributed by atoms with E-state index in [1.54, 1.807) is 12.1 Å². The molecule has 1 aromatic carbocycles. The van der Waals surface area contributed by atoms with Gasteiger partial charge >= 0.3 is 5.97 Å². The molecule has 0 unspecified atom stereocenters. The number of carbonyl (C=O) groups excluding carboxylic acids is 1. The number of halogens is 1. The van der Waals surface area contributed by atoms with Gasteiger partial charge in [-0.2, -0.15) is 0 Å². The molecule has 0 saturated heterocycles. The number of rotatable bonds is 5. The van der Waals surface area contributed by atoms with Gasteiger partial charge in [-0.05, 0) is 31.5 Å². The molecule has 0 amide bonds. The maximum absolute atomic E-state index is 13.2. The Morgan fingerprint density at radius 1 is 1.29 bits per heavy atom. The molecule has 7 heteroatoms. The van der Waals surface area contributed by atoms with E-state index in [2.05, 4.69) is 9.97 Å². The lowest BCUT2D eigenvalue weighted by molar-refractivity contribution is -0.144. The molecule has 3 rings (SSSR count). The number of hydrogen-bond acceptors (Lipinski definition) is 6. The minimum absolute atomic E-state index is 0.139. The molecule has 0 atom stereocenters. The summed E-state index contributed by atoms with van der Waals surface area (Å²) >= 11 is 2.82. The second kappa shape index (κ2) is 7.27. The van der Waals surface area contributed by atoms with Crippen LogP contribution in [-0.2, 0) is 9.53 Å². The van der Waals surface area contributed by atoms with Gasteiger partial charge in [-0.1, -0.05) is 23.9 Å². The highest BCUT2D eigenvalue weighted by atomic mass is 32.2. The molecule has 0 fully saturated rings. The zero-order valence-electron chi connectivity index (χ0n) is 13.2. The number of fused-ring (bicyclic) bond motifs is 1. The molecule has 0 bridgehead atoms. The maximum Gasteiger partial charge on any atom is 0.316 e. The predicted octanol–water partition coefficient (Wildman–Crippen LogP) is 4.54. The van der Waals surface area contributed by atoms with Crippen molar-refractivity contribution >= 4 is 39.3 Å². The summed E-state index contributed by atoms with van der Waals surface area (Å²) in [6, 6.07) is 6.31. The third-order valence-electron chi connectivity index (χ3n) is 3.18. The molecular weight excluding hydrogens is 347 g/mol. The van der Waals surface area contributed by atoms with Crippen molar-refractivity contribution in [3.05, 3.63) is 41.8 Å². The van der Waals surface area contributed by atoms with Crippen molar-refractivity contribution in [3.8, 4) is 11.1 Å². The van der Waals surface area contributed by atoms with E-state index >= 15 is 0 Å². The number of nitrogens with zero attached hydrogens (tertiary/aromatic N) is 2. The van der Waals surface area contributed by atoms with Crippen LogP contribution in [0, 0.1) is 5.82 Å². The zero-order chi connectivity index (χ0) is 17.1. The van der Waals surface area contributed by atoms with E-state index in [-0.39, 0.29) is 23.6 Å². The van der Waals surface area contributed by atoms with Crippen LogP contribution in [0.2, 0.25) is 0 Å². The Kier molecular flexibility index (Phi) is 5.11. The van der Waals surface area contributed by atoms with Gasteiger partial charge in [0.2, 0.25) is 0 Å². The molecule has 0 radical (unpaired) electrons. The van der Waals surface area contributed by atoms with Crippen LogP contribution in [0.5, 0.6) is 0 Å². The molecule has 4 nitrogen and oxygen atoms in total. The van der Waals surface area contributed by atoms with Crippen molar-refractivity contribution in [2.75, 3.05) is 5.75 Å². The minimum atomic E-state index is -0.277. The number of aromatic nitrogens is 2. The molecule has 3 aromatic rings. The first kappa shape index (κ1) is 16.9. The van der Waals surface area contributed by atoms with Gasteiger partial charge in [-0.15, -0.1) is 11.3 Å². The summed E-state index contributed by atoms with van der Waals surface area (Å²) in [5.41, 5.74) is 1.83. The van der Waals surface area contributed by atoms with Crippen molar-refractivity contribution in [2.45, 2.75) is 25.0 Å². The average Bonchev–Trinajstić information content (AvgIpc) is 2.97. The van der Waals surface area contributed by atoms with Crippen LogP contribution < -0.4 is 0 Å². The summed E-state index contributed by atoms with van der Waals surface area (Å²) in [6.45, 7) is 3.63. The number of thioether (sulfide) groups is 1. The maximum atomic E-state index is 13.2. The van der Waals surface area contributed by atoms with Crippen molar-refractivity contribution in [3.63, 3.8) is 0 Å². The molecule has 0 aliphatic rings. The summed E-state index contributed by atoms with van der Waals surface area (Å²) in [6.07, 6.45) is 1.35. The highest BCUT2D eigenvalue weighted by Crippen LogP contribution is 2.37. The number of thiophene rings is 1. The van der Waals surface area contributed by atoms with Crippen molar-refractivity contribution in [1.29, 1.82) is 0 Å². The van der Waals surface area contributed by atoms with Crippen LogP contribution in [0.4, 0.5) is 4.39 Å². The number of ether oxygens (including phenoxy) is 1. The normalized spacial score (nSPS) is 11.2. The molecule has 124 valence electrons. The lowest BCUT2D eigenvalue weighted by Crippen LogP contribution is -2.13. The molecule has 0 saturated carbocycles. The topological polar surface area (TPSA) is 52.1 Å². The third-order valence-corrected chi connectivity index (χ3v) is 5.03. The molecular formula is C17H15FN2O2S2. The van der Waals surface area contributed by atoms with Crippen molar-refractivity contribution < 1.29 is 13.9 Å². The van der Waals surface area contributed by atoms with Crippen molar-refractivity contribution in [1.82, 2.24) is 9.97 Å². The van der Waals surface area contributed by atoms with Crippen LogP contribution in [0.25, 0.3) is 21.3 Å². The summed E-state index contributed by atoms with van der Waals surface area (Å²) in [7, 11) is 0. The van der Waals surface area contributed by atoms with Gasteiger partial charge in [0.05, 0.1) is 17.2 Å². The van der Waals surface area contributed by atoms with Crippen molar-refractivity contribution in [2.24, 2.45) is 0 Å². The molecule has 24 heavy (non-hydrogen) atoms. The quantitative estimate of drug-likeness (QED) is 0.379. The number of benzene rings is 1. The van der Waals surface area contributed by atoms with E-state index in [1.807, 2.05) is 19.2 Å². The molecule has 0 aliphatic heterocycles. The standard InChI is InChI=1S/C17H15FN2O2S2/c1-10(2)22-14(21)8-24-17-15-13(7-23-16(15)19-9-20-17)11-3-5-12(18)6-4-11/h3-7,9-10H,8H2,1-2H3. The Balaban J connectivity index is 1.92. The van der Waals surface area contributed by atoms with Gasteiger partial charge in [0, 0.05) is 10.9 Å². The Morgan fingerprint density at radius 2 is 2.04 bits per heavy atom. The molecule has 2 aromatic heterocycles. The molecule has 0 N–H and O–H groups in total. The zero-order valence-corrected chi connectivity index (χ0v) is 14.8. The summed E-state index contributed by atoms with van der Waals surface area (Å²) in [5, 5.41) is 3.58. The summed E-state index contributed by atoms with van der Waals surface area (Å²) in [5.74, 6) is -0.371. The highest BCUT2D eigenvalue weighted by Gasteiger charge is 2.15. The van der Waals surface area contributed by atoms with E-state index in [4.69, 9.17) is 4.74 Å². The van der Waals surface area contributed by atoms with Gasteiger partial charge < -0.3 is 4.74 Å². The molecule has 2 heterocycles. The predicted molar refractivity (Wildman–Crippen MR) is 94.8 cm³/mol. The first-order valence-corrected chi connectivity index (χ1v) is 9.21. The van der Waals surface area contributed by atoms with E-state index in [1.165, 1.54) is 41.6 Å². The fourth-order valence-electron chi connectivity index (χ4n) is 2.22. The fraction of sp³-hybridized carbons (Fsp3) is 0.235. The molecule has 0 spiro atoms. The summed E-state index contributed by atoms with van der Waals surface area (Å²) < 4.78 is 18.3. The smallest absolute Gasteiger partial charge is 0.316 e. The number of hydrogen-bond donors (Lipinski definition) is 0. The van der Waals surface area contributed by atoms with E-state index in [9.17, 15) is 9.18 Å². The largest absolute Gasteiger partial charge is 0.462 e. The van der Waals surface area contributed by atoms with Gasteiger partial charge in [0.1, 0.15) is 22.0 Å². The Labute approximate surface area is 147 Å². The number of carbonyl (C=O) groups is 1. The SMILES string of the molecule is CC(C)OC(=O)CSc1ncnc2scc(-c3ccc(F)cc3)c12. The number of esters is 1. The first-order chi connectivity index (χ1) is 11.5. The van der Waals surface area contributed by atoms with Crippen LogP contribution >= 0.6 is 23.1 Å². The van der Waals surface area contributed by atoms with E-state index < -0.39 is 0 Å². The Morgan fingerprint density at radius 3 is 2.75 bits per heavy atom. The van der Waals surface area contributed by atoms with E-state index in [0.717, 1.165) is 26.4 Å². The molecule has 0 aliphatic carbocycles.